The van der Waals surface area contributed by atoms with Gasteiger partial charge in [-0.15, -0.1) is 0 Å². The summed E-state index contributed by atoms with van der Waals surface area (Å²) in [5, 5.41) is 17.4. The molecule has 230 valence electrons. The summed E-state index contributed by atoms with van der Waals surface area (Å²) in [7, 11) is -6.68. The molecule has 1 aliphatic rings. The predicted molar refractivity (Wildman–Crippen MR) is 150 cm³/mol. The first kappa shape index (κ1) is 31.5. The van der Waals surface area contributed by atoms with Gasteiger partial charge in [-0.05, 0) is 52.8 Å². The Kier molecular flexibility index (Phi) is 8.74. The minimum Gasteiger partial charge on any atom is -0.488 e. The summed E-state index contributed by atoms with van der Waals surface area (Å²) in [6, 6.07) is 3.66. The Bertz CT molecular complexity index is 1660. The van der Waals surface area contributed by atoms with Gasteiger partial charge in [0.15, 0.2) is 16.4 Å². The number of aryl methyl sites for hydroxylation is 4. The van der Waals surface area contributed by atoms with E-state index in [2.05, 4.69) is 15.0 Å². The number of nitrogens with zero attached hydrogens (tertiary/aromatic N) is 4. The highest BCUT2D eigenvalue weighted by molar-refractivity contribution is 7.92. The highest BCUT2D eigenvalue weighted by Crippen LogP contribution is 2.33. The number of carbonyl (C=O) groups excluding carboxylic acids is 1. The summed E-state index contributed by atoms with van der Waals surface area (Å²) in [6.45, 7) is 9.28. The zero-order valence-corrected chi connectivity index (χ0v) is 26.0. The third-order valence-electron chi connectivity index (χ3n) is 7.23. The number of rotatable bonds is 9. The smallest absolute Gasteiger partial charge is 0.267 e. The van der Waals surface area contributed by atoms with Crippen LogP contribution in [0.3, 0.4) is 0 Å². The number of fused-ring (bicyclic) bond motifs is 1. The molecule has 2 N–H and O–H groups in total. The number of hydrogen-bond acceptors (Lipinski definition) is 11. The summed E-state index contributed by atoms with van der Waals surface area (Å²) in [4.78, 5) is 15.1. The van der Waals surface area contributed by atoms with Crippen molar-refractivity contribution in [2.45, 2.75) is 63.5 Å². The van der Waals surface area contributed by atoms with Crippen molar-refractivity contribution in [3.05, 3.63) is 46.7 Å². The third-order valence-corrected chi connectivity index (χ3v) is 10.9. The molecule has 0 spiro atoms. The fraction of sp³-hybridized carbons (Fsp3) is 0.500. The monoisotopic (exact) mass is 625 g/mol. The van der Waals surface area contributed by atoms with Crippen LogP contribution in [0.4, 0.5) is 5.69 Å². The molecule has 1 aliphatic heterocycles. The Balaban J connectivity index is 1.71. The largest absolute Gasteiger partial charge is 0.488 e. The van der Waals surface area contributed by atoms with Crippen LogP contribution in [-0.4, -0.2) is 86.3 Å². The number of ether oxygens (including phenoxy) is 1. The van der Waals surface area contributed by atoms with E-state index < -0.39 is 38.1 Å². The Labute approximate surface area is 244 Å². The molecule has 0 unspecified atom stereocenters. The van der Waals surface area contributed by atoms with E-state index in [1.165, 1.54) is 50.9 Å². The van der Waals surface area contributed by atoms with Gasteiger partial charge in [0.25, 0.3) is 15.9 Å². The highest BCUT2D eigenvalue weighted by atomic mass is 32.2. The number of aliphatic hydroxyl groups excluding tert-OH is 1. The van der Waals surface area contributed by atoms with Crippen molar-refractivity contribution >= 4 is 31.6 Å². The lowest BCUT2D eigenvalue weighted by molar-refractivity contribution is 0.0387. The lowest BCUT2D eigenvalue weighted by Crippen LogP contribution is -2.50. The maximum Gasteiger partial charge on any atom is 0.267 e. The molecule has 0 aliphatic carbocycles. The second-order valence-electron chi connectivity index (χ2n) is 10.5. The normalized spacial score (nSPS) is 18.8. The van der Waals surface area contributed by atoms with E-state index in [1.807, 2.05) is 6.92 Å². The van der Waals surface area contributed by atoms with Crippen molar-refractivity contribution in [2.24, 2.45) is 5.92 Å². The molecule has 1 aromatic carbocycles. The molecule has 42 heavy (non-hydrogen) atoms. The zero-order valence-electron chi connectivity index (χ0n) is 24.4. The fourth-order valence-electron chi connectivity index (χ4n) is 4.92. The molecule has 4 rings (SSSR count). The van der Waals surface area contributed by atoms with Crippen LogP contribution in [0.25, 0.3) is 0 Å². The molecule has 1 amide bonds. The molecule has 0 bridgehead atoms. The molecular formula is C26H35N5O9S2. The van der Waals surface area contributed by atoms with E-state index in [0.29, 0.717) is 0 Å². The van der Waals surface area contributed by atoms with E-state index in [4.69, 9.17) is 13.8 Å². The maximum atomic E-state index is 13.7. The molecular weight excluding hydrogens is 590 g/mol. The summed E-state index contributed by atoms with van der Waals surface area (Å²) >= 11 is 0. The summed E-state index contributed by atoms with van der Waals surface area (Å²) in [5.74, 6) is -0.435. The number of benzene rings is 1. The van der Waals surface area contributed by atoms with Crippen LogP contribution in [-0.2, 0) is 20.0 Å². The summed E-state index contributed by atoms with van der Waals surface area (Å²) in [5.41, 5.74) is 0.547. The molecule has 0 saturated heterocycles. The first-order valence-electron chi connectivity index (χ1n) is 13.2. The van der Waals surface area contributed by atoms with Crippen LogP contribution in [0.15, 0.2) is 37.0 Å². The van der Waals surface area contributed by atoms with Gasteiger partial charge in [0, 0.05) is 25.2 Å². The summed E-state index contributed by atoms with van der Waals surface area (Å²) < 4.78 is 73.0. The lowest BCUT2D eigenvalue weighted by atomic mass is 9.99. The van der Waals surface area contributed by atoms with Gasteiger partial charge in [-0.1, -0.05) is 17.2 Å². The van der Waals surface area contributed by atoms with Gasteiger partial charge < -0.3 is 23.8 Å². The number of aromatic nitrogens is 2. The number of anilines is 1. The zero-order chi connectivity index (χ0) is 31.1. The van der Waals surface area contributed by atoms with Gasteiger partial charge in [-0.2, -0.15) is 4.31 Å². The number of nitrogens with one attached hydrogen (secondary N) is 1. The third kappa shape index (κ3) is 5.88. The van der Waals surface area contributed by atoms with E-state index in [0.717, 1.165) is 4.31 Å². The van der Waals surface area contributed by atoms with Crippen molar-refractivity contribution in [1.29, 1.82) is 0 Å². The molecule has 3 atom stereocenters. The van der Waals surface area contributed by atoms with Gasteiger partial charge in [0.1, 0.15) is 28.1 Å². The standard InChI is InChI=1S/C26H35N5O9S2/c1-14-11-31(15(2)13-32)26(33)21-10-20(29-41(34,35)24-16(3)27-39-18(24)5)8-9-22(21)38-23(14)12-30(7)42(36,37)25-17(4)28-40-19(25)6/h8-10,14-15,23,29,32H,11-13H2,1-7H3/t14-,15-,23-/m0/s1. The van der Waals surface area contributed by atoms with Crippen molar-refractivity contribution in [1.82, 2.24) is 19.5 Å². The predicted octanol–water partition coefficient (Wildman–Crippen LogP) is 2.24. The van der Waals surface area contributed by atoms with Crippen LogP contribution < -0.4 is 9.46 Å². The average Bonchev–Trinajstić information content (AvgIpc) is 3.45. The van der Waals surface area contributed by atoms with Gasteiger partial charge in [0.05, 0.1) is 24.8 Å². The molecule has 0 fully saturated rings. The van der Waals surface area contributed by atoms with Crippen molar-refractivity contribution < 1.29 is 40.5 Å². The fourth-order valence-corrected chi connectivity index (χ4v) is 7.77. The Morgan fingerprint density at radius 1 is 1.07 bits per heavy atom. The van der Waals surface area contributed by atoms with Crippen LogP contribution in [0.5, 0.6) is 5.75 Å². The van der Waals surface area contributed by atoms with Crippen molar-refractivity contribution in [3.8, 4) is 5.75 Å². The number of aliphatic hydroxyl groups is 1. The molecule has 3 heterocycles. The Hall–Kier alpha value is -3.47. The maximum absolute atomic E-state index is 13.7. The van der Waals surface area contributed by atoms with Gasteiger partial charge in [-0.3, -0.25) is 9.52 Å². The van der Waals surface area contributed by atoms with Crippen LogP contribution >= 0.6 is 0 Å². The van der Waals surface area contributed by atoms with Crippen LogP contribution in [0, 0.1) is 33.6 Å². The Morgan fingerprint density at radius 2 is 1.67 bits per heavy atom. The molecule has 2 aromatic heterocycles. The summed E-state index contributed by atoms with van der Waals surface area (Å²) in [6.07, 6.45) is -0.727. The number of hydrogen-bond donors (Lipinski definition) is 2. The first-order chi connectivity index (χ1) is 19.6. The first-order valence-corrected chi connectivity index (χ1v) is 16.1. The van der Waals surface area contributed by atoms with E-state index in [1.54, 1.807) is 13.8 Å². The van der Waals surface area contributed by atoms with Crippen LogP contribution in [0.1, 0.15) is 47.1 Å². The molecule has 0 saturated carbocycles. The minimum absolute atomic E-state index is 0.0233. The van der Waals surface area contributed by atoms with Gasteiger partial charge in [0.2, 0.25) is 10.0 Å². The highest BCUT2D eigenvalue weighted by Gasteiger charge is 2.37. The number of likely N-dealkylation sites (N-methyl/N-ethyl adjacent to an activating group) is 1. The number of sulfonamides is 2. The van der Waals surface area contributed by atoms with Crippen molar-refractivity contribution in [2.75, 3.05) is 31.5 Å². The Morgan fingerprint density at radius 3 is 2.21 bits per heavy atom. The van der Waals surface area contributed by atoms with E-state index in [9.17, 15) is 26.7 Å². The average molecular weight is 626 g/mol. The van der Waals surface area contributed by atoms with Crippen molar-refractivity contribution in [3.63, 3.8) is 0 Å². The SMILES string of the molecule is Cc1noc(C)c1S(=O)(=O)Nc1ccc2c(c1)C(=O)N([C@@H](C)CO)C[C@H](C)[C@H](CN(C)S(=O)(=O)c1c(C)noc1C)O2. The van der Waals surface area contributed by atoms with Gasteiger partial charge in [-0.25, -0.2) is 16.8 Å². The second-order valence-corrected chi connectivity index (χ2v) is 14.1. The van der Waals surface area contributed by atoms with Crippen LogP contribution in [0.2, 0.25) is 0 Å². The lowest BCUT2D eigenvalue weighted by Gasteiger charge is -2.38. The van der Waals surface area contributed by atoms with E-state index >= 15 is 0 Å². The molecule has 14 nitrogen and oxygen atoms in total. The topological polar surface area (TPSA) is 185 Å². The minimum atomic E-state index is -4.10. The molecule has 3 aromatic rings. The van der Waals surface area contributed by atoms with Gasteiger partial charge >= 0.3 is 0 Å². The number of amides is 1. The van der Waals surface area contributed by atoms with E-state index in [-0.39, 0.29) is 75.3 Å². The molecule has 16 heteroatoms. The quantitative estimate of drug-likeness (QED) is 0.355. The molecule has 0 radical (unpaired) electrons. The second kappa shape index (κ2) is 11.7. The number of carbonyl (C=O) groups is 1.